The minimum Gasteiger partial charge on any atom is -0.480 e. The van der Waals surface area contributed by atoms with E-state index in [1.807, 2.05) is 30.3 Å². The van der Waals surface area contributed by atoms with Gasteiger partial charge in [0.2, 0.25) is 9.84 Å². The molecular formula is C25H21FN2O4S. The van der Waals surface area contributed by atoms with Crippen LogP contribution in [-0.2, 0) is 27.6 Å². The molecule has 1 aromatic heterocycles. The summed E-state index contributed by atoms with van der Waals surface area (Å²) in [5.41, 5.74) is 2.51. The van der Waals surface area contributed by atoms with Gasteiger partial charge >= 0.3 is 5.97 Å². The molecular weight excluding hydrogens is 443 g/mol. The topological polar surface area (TPSA) is 89.3 Å². The van der Waals surface area contributed by atoms with Crippen LogP contribution in [0.5, 0.6) is 0 Å². The molecule has 6 nitrogen and oxygen atoms in total. The first-order valence-corrected chi connectivity index (χ1v) is 11.7. The van der Waals surface area contributed by atoms with E-state index in [4.69, 9.17) is 4.98 Å². The van der Waals surface area contributed by atoms with E-state index in [1.54, 1.807) is 29.7 Å². The second-order valence-corrected chi connectivity index (χ2v) is 9.47. The number of hydrogen-bond acceptors (Lipinski definition) is 4. The predicted molar refractivity (Wildman–Crippen MR) is 121 cm³/mol. The van der Waals surface area contributed by atoms with Gasteiger partial charge in [0.25, 0.3) is 0 Å². The number of rotatable bonds is 7. The summed E-state index contributed by atoms with van der Waals surface area (Å²) in [6.07, 6.45) is 0.189. The van der Waals surface area contributed by atoms with Crippen LogP contribution in [-0.4, -0.2) is 29.0 Å². The fraction of sp³-hybridized carbons (Fsp3) is 0.120. The molecule has 0 bridgehead atoms. The van der Waals surface area contributed by atoms with E-state index in [0.29, 0.717) is 22.8 Å². The maximum absolute atomic E-state index is 13.3. The summed E-state index contributed by atoms with van der Waals surface area (Å²) in [7, 11) is -3.89. The molecule has 1 heterocycles. The number of benzene rings is 3. The second-order valence-electron chi connectivity index (χ2n) is 7.56. The summed E-state index contributed by atoms with van der Waals surface area (Å²) >= 11 is 0. The molecule has 0 spiro atoms. The molecule has 1 N–H and O–H groups in total. The van der Waals surface area contributed by atoms with Crippen molar-refractivity contribution in [1.29, 1.82) is 0 Å². The zero-order chi connectivity index (χ0) is 23.6. The van der Waals surface area contributed by atoms with Crippen molar-refractivity contribution in [2.75, 3.05) is 0 Å². The maximum atomic E-state index is 13.3. The van der Waals surface area contributed by atoms with Crippen LogP contribution in [0.15, 0.2) is 88.7 Å². The monoisotopic (exact) mass is 464 g/mol. The van der Waals surface area contributed by atoms with Gasteiger partial charge in [-0.2, -0.15) is 0 Å². The van der Waals surface area contributed by atoms with Crippen molar-refractivity contribution in [3.05, 3.63) is 102 Å². The smallest absolute Gasteiger partial charge is 0.323 e. The molecule has 0 aliphatic carbocycles. The van der Waals surface area contributed by atoms with E-state index in [0.717, 1.165) is 17.7 Å². The summed E-state index contributed by atoms with van der Waals surface area (Å²) in [5.74, 6) is -1.02. The molecule has 0 aliphatic heterocycles. The van der Waals surface area contributed by atoms with Crippen molar-refractivity contribution in [1.82, 2.24) is 9.55 Å². The molecule has 4 aromatic rings. The summed E-state index contributed by atoms with van der Waals surface area (Å²) in [4.78, 5) is 16.3. The fourth-order valence-corrected chi connectivity index (χ4v) is 5.21. The Morgan fingerprint density at radius 1 is 0.970 bits per heavy atom. The molecule has 0 amide bonds. The molecule has 0 saturated carbocycles. The van der Waals surface area contributed by atoms with Crippen LogP contribution in [0.3, 0.4) is 0 Å². The van der Waals surface area contributed by atoms with Gasteiger partial charge in [0, 0.05) is 17.7 Å². The molecule has 3 aromatic carbocycles. The lowest BCUT2D eigenvalue weighted by Crippen LogP contribution is -2.12. The Labute approximate surface area is 190 Å². The Kier molecular flexibility index (Phi) is 6.11. The molecule has 33 heavy (non-hydrogen) atoms. The van der Waals surface area contributed by atoms with Crippen molar-refractivity contribution in [2.24, 2.45) is 0 Å². The van der Waals surface area contributed by atoms with Gasteiger partial charge < -0.3 is 9.67 Å². The highest BCUT2D eigenvalue weighted by atomic mass is 32.2. The Hall–Kier alpha value is -3.78. The van der Waals surface area contributed by atoms with Gasteiger partial charge in [-0.3, -0.25) is 4.79 Å². The highest BCUT2D eigenvalue weighted by Crippen LogP contribution is 2.29. The zero-order valence-electron chi connectivity index (χ0n) is 17.8. The van der Waals surface area contributed by atoms with Crippen molar-refractivity contribution in [3.8, 4) is 11.4 Å². The minimum atomic E-state index is -3.89. The van der Waals surface area contributed by atoms with Gasteiger partial charge in [0.1, 0.15) is 18.2 Å². The first-order chi connectivity index (χ1) is 15.8. The molecule has 0 unspecified atom stereocenters. The predicted octanol–water partition coefficient (Wildman–Crippen LogP) is 4.51. The first kappa shape index (κ1) is 22.4. The van der Waals surface area contributed by atoms with Gasteiger partial charge in [-0.05, 0) is 42.8 Å². The first-order valence-electron chi connectivity index (χ1n) is 10.2. The van der Waals surface area contributed by atoms with Gasteiger partial charge in [-0.25, -0.2) is 17.8 Å². The van der Waals surface area contributed by atoms with Gasteiger partial charge in [-0.1, -0.05) is 48.5 Å². The largest absolute Gasteiger partial charge is 0.480 e. The lowest BCUT2D eigenvalue weighted by molar-refractivity contribution is -0.137. The molecule has 0 atom stereocenters. The number of aliphatic carboxylic acids is 1. The quantitative estimate of drug-likeness (QED) is 0.407. The summed E-state index contributed by atoms with van der Waals surface area (Å²) in [5, 5.41) is 9.40. The van der Waals surface area contributed by atoms with E-state index >= 15 is 0 Å². The van der Waals surface area contributed by atoms with E-state index in [2.05, 4.69) is 0 Å². The average molecular weight is 465 g/mol. The Morgan fingerprint density at radius 3 is 2.27 bits per heavy atom. The van der Waals surface area contributed by atoms with E-state index in [9.17, 15) is 22.7 Å². The summed E-state index contributed by atoms with van der Waals surface area (Å²) in [6.45, 7) is 1.51. The summed E-state index contributed by atoms with van der Waals surface area (Å²) < 4.78 is 41.4. The number of sulfone groups is 1. The Balaban J connectivity index is 1.79. The van der Waals surface area contributed by atoms with Crippen molar-refractivity contribution in [2.45, 2.75) is 29.7 Å². The number of carboxylic acid groups (broad SMARTS) is 1. The minimum absolute atomic E-state index is 0.00514. The van der Waals surface area contributed by atoms with Crippen molar-refractivity contribution in [3.63, 3.8) is 0 Å². The molecule has 168 valence electrons. The van der Waals surface area contributed by atoms with Gasteiger partial charge in [0.05, 0.1) is 15.5 Å². The number of nitrogens with zero attached hydrogens (tertiary/aromatic N) is 2. The van der Waals surface area contributed by atoms with Crippen LogP contribution >= 0.6 is 0 Å². The Bertz CT molecular complexity index is 1410. The van der Waals surface area contributed by atoms with Crippen LogP contribution in [0.2, 0.25) is 0 Å². The van der Waals surface area contributed by atoms with Crippen LogP contribution in [0.1, 0.15) is 17.0 Å². The van der Waals surface area contributed by atoms with E-state index in [1.165, 1.54) is 18.2 Å². The average Bonchev–Trinajstić information content (AvgIpc) is 3.09. The number of halogens is 1. The SMILES string of the molecule is Cc1c(Cc2ccccc2S(=O)(=O)c2ccc(F)cc2)nc(-c2ccccc2)n1CC(=O)O. The number of aromatic nitrogens is 2. The van der Waals surface area contributed by atoms with Crippen LogP contribution < -0.4 is 0 Å². The number of carbonyl (C=O) groups is 1. The zero-order valence-corrected chi connectivity index (χ0v) is 18.6. The third-order valence-corrected chi connectivity index (χ3v) is 7.26. The van der Waals surface area contributed by atoms with Crippen LogP contribution in [0.25, 0.3) is 11.4 Å². The molecule has 4 rings (SSSR count). The number of carboxylic acids is 1. The highest BCUT2D eigenvalue weighted by molar-refractivity contribution is 7.91. The van der Waals surface area contributed by atoms with Crippen molar-refractivity contribution < 1.29 is 22.7 Å². The number of hydrogen-bond donors (Lipinski definition) is 1. The number of imidazole rings is 1. The maximum Gasteiger partial charge on any atom is 0.323 e. The Morgan fingerprint density at radius 2 is 1.61 bits per heavy atom. The lowest BCUT2D eigenvalue weighted by Gasteiger charge is -2.11. The molecule has 8 heteroatoms. The van der Waals surface area contributed by atoms with Gasteiger partial charge in [-0.15, -0.1) is 0 Å². The second kappa shape index (κ2) is 8.99. The van der Waals surface area contributed by atoms with E-state index in [-0.39, 0.29) is 22.8 Å². The third kappa shape index (κ3) is 4.56. The lowest BCUT2D eigenvalue weighted by atomic mass is 10.1. The summed E-state index contributed by atoms with van der Waals surface area (Å²) in [6, 6.07) is 20.5. The molecule has 0 fully saturated rings. The normalized spacial score (nSPS) is 11.5. The van der Waals surface area contributed by atoms with E-state index < -0.39 is 21.6 Å². The van der Waals surface area contributed by atoms with Crippen LogP contribution in [0.4, 0.5) is 4.39 Å². The van der Waals surface area contributed by atoms with Crippen LogP contribution in [0, 0.1) is 12.7 Å². The van der Waals surface area contributed by atoms with Gasteiger partial charge in [0.15, 0.2) is 0 Å². The fourth-order valence-electron chi connectivity index (χ4n) is 3.72. The standard InChI is InChI=1S/C25H21FN2O4S/c1-17-22(27-25(28(17)16-24(29)30)18-7-3-2-4-8-18)15-19-9-5-6-10-23(19)33(31,32)21-13-11-20(26)12-14-21/h2-14H,15-16H2,1H3,(H,29,30). The molecule has 0 saturated heterocycles. The highest BCUT2D eigenvalue weighted by Gasteiger charge is 2.23. The van der Waals surface area contributed by atoms with Crippen molar-refractivity contribution >= 4 is 15.8 Å². The molecule has 0 radical (unpaired) electrons. The third-order valence-electron chi connectivity index (χ3n) is 5.39. The molecule has 0 aliphatic rings.